The standard InChI is InChI=1S/C15H16BrNO2/c1-10-5-12(8-17-7-10)9-19-15-6-13(16)3-4-14(15)11(2)18/h3-8,11,18H,9H2,1-2H3. The van der Waals surface area contributed by atoms with Crippen LogP contribution in [0.3, 0.4) is 0 Å². The van der Waals surface area contributed by atoms with Crippen LogP contribution in [0.1, 0.15) is 29.7 Å². The summed E-state index contributed by atoms with van der Waals surface area (Å²) in [5, 5.41) is 9.73. The Hall–Kier alpha value is -1.39. The van der Waals surface area contributed by atoms with Crippen LogP contribution in [0.4, 0.5) is 0 Å². The molecule has 1 atom stereocenters. The number of benzene rings is 1. The number of aromatic nitrogens is 1. The fourth-order valence-electron chi connectivity index (χ4n) is 1.84. The smallest absolute Gasteiger partial charge is 0.126 e. The maximum absolute atomic E-state index is 9.73. The first-order chi connectivity index (χ1) is 9.06. The molecule has 0 aliphatic heterocycles. The molecule has 2 aromatic rings. The minimum Gasteiger partial charge on any atom is -0.488 e. The summed E-state index contributed by atoms with van der Waals surface area (Å²) in [5.41, 5.74) is 2.89. The molecule has 1 heterocycles. The van der Waals surface area contributed by atoms with Crippen LogP contribution in [0.25, 0.3) is 0 Å². The molecule has 0 aliphatic rings. The molecule has 0 spiro atoms. The van der Waals surface area contributed by atoms with Crippen molar-refractivity contribution in [2.45, 2.75) is 26.6 Å². The van der Waals surface area contributed by atoms with E-state index in [0.717, 1.165) is 21.2 Å². The molecule has 4 heteroatoms. The van der Waals surface area contributed by atoms with Crippen molar-refractivity contribution in [2.24, 2.45) is 0 Å². The predicted molar refractivity (Wildman–Crippen MR) is 78.1 cm³/mol. The fourth-order valence-corrected chi connectivity index (χ4v) is 2.18. The van der Waals surface area contributed by atoms with Crippen molar-refractivity contribution in [3.63, 3.8) is 0 Å². The molecule has 0 saturated carbocycles. The zero-order valence-electron chi connectivity index (χ0n) is 10.9. The number of pyridine rings is 1. The van der Waals surface area contributed by atoms with Crippen LogP contribution in [0, 0.1) is 6.92 Å². The molecule has 2 rings (SSSR count). The van der Waals surface area contributed by atoms with E-state index in [2.05, 4.69) is 20.9 Å². The molecule has 0 amide bonds. The molecule has 3 nitrogen and oxygen atoms in total. The fraction of sp³-hybridized carbons (Fsp3) is 0.267. The summed E-state index contributed by atoms with van der Waals surface area (Å²) in [6.45, 7) is 4.16. The number of aryl methyl sites for hydroxylation is 1. The van der Waals surface area contributed by atoms with Crippen LogP contribution < -0.4 is 4.74 Å². The number of ether oxygens (including phenoxy) is 1. The number of halogens is 1. The first-order valence-electron chi connectivity index (χ1n) is 6.07. The Bertz CT molecular complexity index is 570. The SMILES string of the molecule is Cc1cncc(COc2cc(Br)ccc2C(C)O)c1. The molecule has 1 N–H and O–H groups in total. The molecule has 0 aliphatic carbocycles. The lowest BCUT2D eigenvalue weighted by molar-refractivity contribution is 0.190. The van der Waals surface area contributed by atoms with Gasteiger partial charge in [0.25, 0.3) is 0 Å². The predicted octanol–water partition coefficient (Wildman–Crippen LogP) is 3.78. The van der Waals surface area contributed by atoms with Crippen molar-refractivity contribution in [1.29, 1.82) is 0 Å². The van der Waals surface area contributed by atoms with Crippen LogP contribution in [0.15, 0.2) is 41.1 Å². The number of aliphatic hydroxyl groups excluding tert-OH is 1. The Morgan fingerprint density at radius 2 is 2.11 bits per heavy atom. The Morgan fingerprint density at radius 1 is 1.32 bits per heavy atom. The largest absolute Gasteiger partial charge is 0.488 e. The molecule has 1 aromatic heterocycles. The number of nitrogens with zero attached hydrogens (tertiary/aromatic N) is 1. The Labute approximate surface area is 121 Å². The van der Waals surface area contributed by atoms with E-state index in [0.29, 0.717) is 12.4 Å². The molecular formula is C15H16BrNO2. The maximum atomic E-state index is 9.73. The van der Waals surface area contributed by atoms with Crippen molar-refractivity contribution in [3.05, 3.63) is 57.8 Å². The van der Waals surface area contributed by atoms with E-state index < -0.39 is 6.10 Å². The van der Waals surface area contributed by atoms with Crippen LogP contribution >= 0.6 is 15.9 Å². The van der Waals surface area contributed by atoms with Crippen molar-refractivity contribution >= 4 is 15.9 Å². The quantitative estimate of drug-likeness (QED) is 0.931. The van der Waals surface area contributed by atoms with E-state index in [1.165, 1.54) is 0 Å². The lowest BCUT2D eigenvalue weighted by Gasteiger charge is -2.14. The Balaban J connectivity index is 2.17. The van der Waals surface area contributed by atoms with Gasteiger partial charge in [-0.1, -0.05) is 22.0 Å². The van der Waals surface area contributed by atoms with Crippen LogP contribution in [-0.2, 0) is 6.61 Å². The number of hydrogen-bond acceptors (Lipinski definition) is 3. The minimum absolute atomic E-state index is 0.435. The number of aliphatic hydroxyl groups is 1. The van der Waals surface area contributed by atoms with E-state index in [-0.39, 0.29) is 0 Å². The van der Waals surface area contributed by atoms with Gasteiger partial charge in [0.2, 0.25) is 0 Å². The molecule has 0 bridgehead atoms. The summed E-state index contributed by atoms with van der Waals surface area (Å²) in [6, 6.07) is 7.65. The third-order valence-electron chi connectivity index (χ3n) is 2.75. The molecular weight excluding hydrogens is 306 g/mol. The zero-order valence-corrected chi connectivity index (χ0v) is 12.5. The van der Waals surface area contributed by atoms with Crippen molar-refractivity contribution in [2.75, 3.05) is 0 Å². The summed E-state index contributed by atoms with van der Waals surface area (Å²) in [5.74, 6) is 0.686. The number of hydrogen-bond donors (Lipinski definition) is 1. The van der Waals surface area contributed by atoms with Gasteiger partial charge in [-0.05, 0) is 37.6 Å². The average molecular weight is 322 g/mol. The average Bonchev–Trinajstić information content (AvgIpc) is 2.36. The summed E-state index contributed by atoms with van der Waals surface area (Å²) in [7, 11) is 0. The lowest BCUT2D eigenvalue weighted by atomic mass is 10.1. The highest BCUT2D eigenvalue weighted by Gasteiger charge is 2.10. The summed E-state index contributed by atoms with van der Waals surface area (Å²) in [6.07, 6.45) is 3.04. The zero-order chi connectivity index (χ0) is 13.8. The molecule has 0 fully saturated rings. The van der Waals surface area contributed by atoms with E-state index in [9.17, 15) is 5.11 Å². The molecule has 100 valence electrons. The van der Waals surface area contributed by atoms with Gasteiger partial charge in [-0.15, -0.1) is 0 Å². The van der Waals surface area contributed by atoms with Crippen LogP contribution in [-0.4, -0.2) is 10.1 Å². The molecule has 0 saturated heterocycles. The van der Waals surface area contributed by atoms with Crippen LogP contribution in [0.5, 0.6) is 5.75 Å². The van der Waals surface area contributed by atoms with Crippen molar-refractivity contribution in [1.82, 2.24) is 4.98 Å². The third kappa shape index (κ3) is 3.78. The second-order valence-corrected chi connectivity index (χ2v) is 5.43. The molecule has 1 unspecified atom stereocenters. The van der Waals surface area contributed by atoms with Gasteiger partial charge in [-0.3, -0.25) is 4.98 Å². The first kappa shape index (κ1) is 14.0. The van der Waals surface area contributed by atoms with Gasteiger partial charge in [-0.25, -0.2) is 0 Å². The first-order valence-corrected chi connectivity index (χ1v) is 6.86. The summed E-state index contributed by atoms with van der Waals surface area (Å²) in [4.78, 5) is 4.13. The van der Waals surface area contributed by atoms with Gasteiger partial charge in [0.05, 0.1) is 6.10 Å². The van der Waals surface area contributed by atoms with Gasteiger partial charge >= 0.3 is 0 Å². The highest BCUT2D eigenvalue weighted by atomic mass is 79.9. The van der Waals surface area contributed by atoms with E-state index in [1.807, 2.05) is 37.4 Å². The Morgan fingerprint density at radius 3 is 2.79 bits per heavy atom. The molecule has 0 radical (unpaired) electrons. The van der Waals surface area contributed by atoms with Gasteiger partial charge in [0.15, 0.2) is 0 Å². The second-order valence-electron chi connectivity index (χ2n) is 4.52. The van der Waals surface area contributed by atoms with Gasteiger partial charge in [0, 0.05) is 28.0 Å². The second kappa shape index (κ2) is 6.17. The summed E-state index contributed by atoms with van der Waals surface area (Å²) < 4.78 is 6.72. The number of rotatable bonds is 4. The van der Waals surface area contributed by atoms with Crippen LogP contribution in [0.2, 0.25) is 0 Å². The summed E-state index contributed by atoms with van der Waals surface area (Å²) >= 11 is 3.41. The normalized spacial score (nSPS) is 12.2. The third-order valence-corrected chi connectivity index (χ3v) is 3.24. The lowest BCUT2D eigenvalue weighted by Crippen LogP contribution is -2.01. The highest BCUT2D eigenvalue weighted by molar-refractivity contribution is 9.10. The molecule has 1 aromatic carbocycles. The van der Waals surface area contributed by atoms with Gasteiger partial charge in [-0.2, -0.15) is 0 Å². The topological polar surface area (TPSA) is 42.4 Å². The monoisotopic (exact) mass is 321 g/mol. The van der Waals surface area contributed by atoms with Gasteiger partial charge < -0.3 is 9.84 Å². The van der Waals surface area contributed by atoms with E-state index in [4.69, 9.17) is 4.74 Å². The Kier molecular flexibility index (Phi) is 4.56. The van der Waals surface area contributed by atoms with E-state index >= 15 is 0 Å². The maximum Gasteiger partial charge on any atom is 0.126 e. The minimum atomic E-state index is -0.557. The van der Waals surface area contributed by atoms with Crippen molar-refractivity contribution < 1.29 is 9.84 Å². The highest BCUT2D eigenvalue weighted by Crippen LogP contribution is 2.29. The van der Waals surface area contributed by atoms with E-state index in [1.54, 1.807) is 13.1 Å². The van der Waals surface area contributed by atoms with Gasteiger partial charge in [0.1, 0.15) is 12.4 Å². The van der Waals surface area contributed by atoms with Crippen molar-refractivity contribution in [3.8, 4) is 5.75 Å². The molecule has 19 heavy (non-hydrogen) atoms.